The Morgan fingerprint density at radius 3 is 2.55 bits per heavy atom. The summed E-state index contributed by atoms with van der Waals surface area (Å²) in [6.07, 6.45) is 1.32. The molecule has 0 saturated carbocycles. The maximum absolute atomic E-state index is 11.3. The summed E-state index contributed by atoms with van der Waals surface area (Å²) in [4.78, 5) is 16.2. The number of hydrogen-bond acceptors (Lipinski definition) is 3. The number of likely N-dealkylation sites (tertiary alicyclic amines) is 1. The highest BCUT2D eigenvalue weighted by molar-refractivity contribution is 5.93. The number of benzene rings is 1. The zero-order valence-electron chi connectivity index (χ0n) is 12.9. The molecule has 0 aromatic heterocycles. The second-order valence-electron chi connectivity index (χ2n) is 6.00. The largest absolute Gasteiger partial charge is 0.306 e. The number of ketones is 1. The molecule has 1 aliphatic rings. The lowest BCUT2D eigenvalue weighted by Crippen LogP contribution is -2.30. The molecule has 2 rings (SSSR count). The van der Waals surface area contributed by atoms with E-state index in [-0.39, 0.29) is 5.78 Å². The van der Waals surface area contributed by atoms with Crippen LogP contribution in [0.4, 0.5) is 0 Å². The van der Waals surface area contributed by atoms with E-state index in [4.69, 9.17) is 0 Å². The molecular formula is C17H26N2O. The van der Waals surface area contributed by atoms with Crippen LogP contribution in [0.3, 0.4) is 0 Å². The van der Waals surface area contributed by atoms with Crippen LogP contribution in [0.25, 0.3) is 0 Å². The first-order valence-corrected chi connectivity index (χ1v) is 7.59. The van der Waals surface area contributed by atoms with Crippen LogP contribution < -0.4 is 0 Å². The molecular weight excluding hydrogens is 248 g/mol. The predicted octanol–water partition coefficient (Wildman–Crippen LogP) is 2.66. The van der Waals surface area contributed by atoms with Gasteiger partial charge in [-0.1, -0.05) is 31.2 Å². The van der Waals surface area contributed by atoms with Crippen molar-refractivity contribution in [1.29, 1.82) is 0 Å². The molecule has 110 valence electrons. The monoisotopic (exact) mass is 274 g/mol. The van der Waals surface area contributed by atoms with E-state index in [1.54, 1.807) is 6.92 Å². The highest BCUT2D eigenvalue weighted by Gasteiger charge is 2.21. The van der Waals surface area contributed by atoms with E-state index in [2.05, 4.69) is 35.9 Å². The first kappa shape index (κ1) is 15.2. The average Bonchev–Trinajstić information content (AvgIpc) is 2.84. The zero-order chi connectivity index (χ0) is 14.5. The molecule has 1 aromatic rings. The Balaban J connectivity index is 1.90. The first-order valence-electron chi connectivity index (χ1n) is 7.59. The summed E-state index contributed by atoms with van der Waals surface area (Å²) in [5.74, 6) is 0.939. The van der Waals surface area contributed by atoms with Gasteiger partial charge in [-0.05, 0) is 45.0 Å². The number of carbonyl (C=O) groups is 1. The third kappa shape index (κ3) is 4.15. The Bertz CT molecular complexity index is 441. The van der Waals surface area contributed by atoms with E-state index in [0.717, 1.165) is 24.6 Å². The van der Waals surface area contributed by atoms with Gasteiger partial charge in [-0.15, -0.1) is 0 Å². The lowest BCUT2D eigenvalue weighted by atomic mass is 10.1. The molecule has 3 heteroatoms. The smallest absolute Gasteiger partial charge is 0.159 e. The minimum Gasteiger partial charge on any atom is -0.306 e. The topological polar surface area (TPSA) is 23.6 Å². The molecule has 0 bridgehead atoms. The summed E-state index contributed by atoms with van der Waals surface area (Å²) in [7, 11) is 2.21. The number of hydrogen-bond donors (Lipinski definition) is 0. The molecule has 0 radical (unpaired) electrons. The van der Waals surface area contributed by atoms with Crippen LogP contribution >= 0.6 is 0 Å². The Labute approximate surface area is 122 Å². The van der Waals surface area contributed by atoms with Crippen molar-refractivity contribution in [1.82, 2.24) is 9.80 Å². The summed E-state index contributed by atoms with van der Waals surface area (Å²) >= 11 is 0. The van der Waals surface area contributed by atoms with Crippen LogP contribution in [-0.4, -0.2) is 48.8 Å². The van der Waals surface area contributed by atoms with Crippen molar-refractivity contribution in [2.75, 3.05) is 33.2 Å². The van der Waals surface area contributed by atoms with Crippen LogP contribution in [0.2, 0.25) is 0 Å². The van der Waals surface area contributed by atoms with Gasteiger partial charge in [0.1, 0.15) is 0 Å². The second kappa shape index (κ2) is 7.00. The van der Waals surface area contributed by atoms with Crippen molar-refractivity contribution in [3.63, 3.8) is 0 Å². The van der Waals surface area contributed by atoms with Crippen LogP contribution in [0.15, 0.2) is 24.3 Å². The molecule has 1 saturated heterocycles. The maximum atomic E-state index is 11.3. The van der Waals surface area contributed by atoms with Crippen molar-refractivity contribution in [3.8, 4) is 0 Å². The number of Topliss-reactive ketones (excluding diaryl/α,β-unsaturated/α-hetero) is 1. The lowest BCUT2D eigenvalue weighted by Gasteiger charge is -2.24. The molecule has 0 spiro atoms. The quantitative estimate of drug-likeness (QED) is 0.745. The fraction of sp³-hybridized carbons (Fsp3) is 0.588. The minimum atomic E-state index is 0.137. The molecule has 3 nitrogen and oxygen atoms in total. The zero-order valence-corrected chi connectivity index (χ0v) is 12.9. The van der Waals surface area contributed by atoms with Gasteiger partial charge in [0.25, 0.3) is 0 Å². The van der Waals surface area contributed by atoms with Gasteiger partial charge in [-0.3, -0.25) is 9.69 Å². The normalized spacial score (nSPS) is 19.7. The van der Waals surface area contributed by atoms with Gasteiger partial charge in [0.15, 0.2) is 5.78 Å². The van der Waals surface area contributed by atoms with E-state index < -0.39 is 0 Å². The van der Waals surface area contributed by atoms with Crippen molar-refractivity contribution < 1.29 is 4.79 Å². The summed E-state index contributed by atoms with van der Waals surface area (Å²) in [5.41, 5.74) is 2.09. The highest BCUT2D eigenvalue weighted by Crippen LogP contribution is 2.17. The summed E-state index contributed by atoms with van der Waals surface area (Å²) in [6.45, 7) is 9.53. The van der Waals surface area contributed by atoms with Crippen molar-refractivity contribution in [3.05, 3.63) is 35.4 Å². The number of nitrogens with zero attached hydrogens (tertiary/aromatic N) is 2. The van der Waals surface area contributed by atoms with E-state index in [9.17, 15) is 4.79 Å². The average molecular weight is 274 g/mol. The van der Waals surface area contributed by atoms with Crippen LogP contribution in [0.5, 0.6) is 0 Å². The van der Waals surface area contributed by atoms with Gasteiger partial charge in [0.2, 0.25) is 0 Å². The van der Waals surface area contributed by atoms with E-state index in [1.165, 1.54) is 31.6 Å². The molecule has 1 unspecified atom stereocenters. The van der Waals surface area contributed by atoms with Crippen LogP contribution in [0.1, 0.15) is 36.2 Å². The number of rotatable bonds is 6. The standard InChI is InChI=1S/C17H26N2O/c1-4-19(13-16-9-10-18(3)11-16)12-15-5-7-17(8-6-15)14(2)20/h5-8,16H,4,9-13H2,1-3H3. The van der Waals surface area contributed by atoms with E-state index in [0.29, 0.717) is 0 Å². The lowest BCUT2D eigenvalue weighted by molar-refractivity contribution is 0.101. The molecule has 1 heterocycles. The third-order valence-corrected chi connectivity index (χ3v) is 4.22. The summed E-state index contributed by atoms with van der Waals surface area (Å²) in [6, 6.07) is 8.05. The van der Waals surface area contributed by atoms with Crippen molar-refractivity contribution >= 4 is 5.78 Å². The SMILES string of the molecule is CCN(Cc1ccc(C(C)=O)cc1)CC1CCN(C)C1. The van der Waals surface area contributed by atoms with E-state index >= 15 is 0 Å². The molecule has 1 fully saturated rings. The van der Waals surface area contributed by atoms with Crippen LogP contribution in [-0.2, 0) is 6.54 Å². The molecule has 1 atom stereocenters. The summed E-state index contributed by atoms with van der Waals surface area (Å²) in [5, 5.41) is 0. The van der Waals surface area contributed by atoms with Gasteiger partial charge in [-0.2, -0.15) is 0 Å². The van der Waals surface area contributed by atoms with Crippen LogP contribution in [0, 0.1) is 5.92 Å². The fourth-order valence-electron chi connectivity index (χ4n) is 2.95. The third-order valence-electron chi connectivity index (χ3n) is 4.22. The van der Waals surface area contributed by atoms with Gasteiger partial charge in [-0.25, -0.2) is 0 Å². The van der Waals surface area contributed by atoms with Gasteiger partial charge in [0.05, 0.1) is 0 Å². The van der Waals surface area contributed by atoms with Gasteiger partial charge < -0.3 is 4.90 Å². The molecule has 0 N–H and O–H groups in total. The Morgan fingerprint density at radius 2 is 2.05 bits per heavy atom. The summed E-state index contributed by atoms with van der Waals surface area (Å²) < 4.78 is 0. The minimum absolute atomic E-state index is 0.137. The van der Waals surface area contributed by atoms with Crippen molar-refractivity contribution in [2.24, 2.45) is 5.92 Å². The molecule has 0 amide bonds. The molecule has 1 aromatic carbocycles. The van der Waals surface area contributed by atoms with E-state index in [1.807, 2.05) is 12.1 Å². The van der Waals surface area contributed by atoms with Crippen molar-refractivity contribution in [2.45, 2.75) is 26.8 Å². The number of carbonyl (C=O) groups excluding carboxylic acids is 1. The molecule has 1 aliphatic heterocycles. The fourth-order valence-corrected chi connectivity index (χ4v) is 2.95. The Hall–Kier alpha value is -1.19. The second-order valence-corrected chi connectivity index (χ2v) is 6.00. The first-order chi connectivity index (χ1) is 9.58. The highest BCUT2D eigenvalue weighted by atomic mass is 16.1. The Kier molecular flexibility index (Phi) is 5.32. The maximum Gasteiger partial charge on any atom is 0.159 e. The molecule has 20 heavy (non-hydrogen) atoms. The Morgan fingerprint density at radius 1 is 1.35 bits per heavy atom. The predicted molar refractivity (Wildman–Crippen MR) is 83.0 cm³/mol. The van der Waals surface area contributed by atoms with Gasteiger partial charge >= 0.3 is 0 Å². The molecule has 0 aliphatic carbocycles. The van der Waals surface area contributed by atoms with Gasteiger partial charge in [0, 0.05) is 25.2 Å².